The Hall–Kier alpha value is -1.28. The van der Waals surface area contributed by atoms with Gasteiger partial charge in [0.25, 0.3) is 0 Å². The lowest BCUT2D eigenvalue weighted by atomic mass is 10.1. The second kappa shape index (κ2) is 9.68. The van der Waals surface area contributed by atoms with Crippen molar-refractivity contribution in [2.45, 2.75) is 20.0 Å². The Kier molecular flexibility index (Phi) is 8.26. The number of rotatable bonds is 5. The molecule has 0 aliphatic rings. The van der Waals surface area contributed by atoms with Crippen molar-refractivity contribution in [3.05, 3.63) is 51.7 Å². The second-order valence-corrected chi connectivity index (χ2v) is 5.69. The van der Waals surface area contributed by atoms with E-state index >= 15 is 0 Å². The smallest absolute Gasteiger partial charge is 0.191 e. The second-order valence-electron chi connectivity index (χ2n) is 4.66. The minimum atomic E-state index is 0. The van der Waals surface area contributed by atoms with Gasteiger partial charge in [-0.3, -0.25) is 4.99 Å². The van der Waals surface area contributed by atoms with Gasteiger partial charge in [-0.25, -0.2) is 0 Å². The van der Waals surface area contributed by atoms with E-state index in [4.69, 9.17) is 4.74 Å². The quantitative estimate of drug-likeness (QED) is 0.433. The highest BCUT2D eigenvalue weighted by atomic mass is 127. The van der Waals surface area contributed by atoms with Crippen LogP contribution in [0.25, 0.3) is 0 Å². The molecule has 2 aromatic rings. The molecule has 0 saturated carbocycles. The molecule has 120 valence electrons. The third-order valence-electron chi connectivity index (χ3n) is 3.17. The largest absolute Gasteiger partial charge is 0.496 e. The van der Waals surface area contributed by atoms with Gasteiger partial charge in [-0.15, -0.1) is 35.3 Å². The van der Waals surface area contributed by atoms with Gasteiger partial charge in [0.2, 0.25) is 0 Å². The first-order valence-corrected chi connectivity index (χ1v) is 7.71. The summed E-state index contributed by atoms with van der Waals surface area (Å²) in [6.07, 6.45) is 0. The van der Waals surface area contributed by atoms with E-state index in [9.17, 15) is 0 Å². The summed E-state index contributed by atoms with van der Waals surface area (Å²) in [6.45, 7) is 3.53. The van der Waals surface area contributed by atoms with Crippen LogP contribution in [0.2, 0.25) is 0 Å². The van der Waals surface area contributed by atoms with Crippen molar-refractivity contribution in [3.63, 3.8) is 0 Å². The molecule has 0 spiro atoms. The van der Waals surface area contributed by atoms with Crippen LogP contribution < -0.4 is 15.4 Å². The van der Waals surface area contributed by atoms with E-state index < -0.39 is 0 Å². The summed E-state index contributed by atoms with van der Waals surface area (Å²) in [6, 6.07) is 10.4. The predicted octanol–water partition coefficient (Wildman–Crippen LogP) is 3.55. The number of nitrogens with zero attached hydrogens (tertiary/aromatic N) is 1. The molecule has 6 heteroatoms. The van der Waals surface area contributed by atoms with Gasteiger partial charge in [-0.2, -0.15) is 0 Å². The summed E-state index contributed by atoms with van der Waals surface area (Å²) in [5.41, 5.74) is 2.30. The van der Waals surface area contributed by atoms with E-state index in [1.807, 2.05) is 6.92 Å². The van der Waals surface area contributed by atoms with Gasteiger partial charge in [0.15, 0.2) is 5.96 Å². The molecule has 0 unspecified atom stereocenters. The molecule has 1 aromatic heterocycles. The van der Waals surface area contributed by atoms with Crippen molar-refractivity contribution in [3.8, 4) is 5.75 Å². The van der Waals surface area contributed by atoms with Crippen molar-refractivity contribution in [1.29, 1.82) is 0 Å². The standard InChI is InChI=1S/C16H21N3OS.HI/c1-12-6-7-13(9-15(12)20-3)10-18-16(17-2)19-11-14-5-4-8-21-14;/h4-9H,10-11H2,1-3H3,(H2,17,18,19);1H. The molecule has 0 atom stereocenters. The number of hydrogen-bond donors (Lipinski definition) is 2. The molecule has 2 rings (SSSR count). The predicted molar refractivity (Wildman–Crippen MR) is 105 cm³/mol. The van der Waals surface area contributed by atoms with Crippen LogP contribution in [0.3, 0.4) is 0 Å². The van der Waals surface area contributed by atoms with Crippen LogP contribution >= 0.6 is 35.3 Å². The number of aliphatic imine (C=N–C) groups is 1. The Bertz CT molecular complexity index is 599. The number of hydrogen-bond acceptors (Lipinski definition) is 3. The van der Waals surface area contributed by atoms with Crippen molar-refractivity contribution in [2.75, 3.05) is 14.2 Å². The van der Waals surface area contributed by atoms with Crippen LogP contribution in [0.5, 0.6) is 5.75 Å². The van der Waals surface area contributed by atoms with Gasteiger partial charge in [0.05, 0.1) is 13.7 Å². The van der Waals surface area contributed by atoms with E-state index in [0.29, 0.717) is 6.54 Å². The first kappa shape index (κ1) is 18.8. The molecule has 22 heavy (non-hydrogen) atoms. The van der Waals surface area contributed by atoms with E-state index in [1.165, 1.54) is 4.88 Å². The lowest BCUT2D eigenvalue weighted by Crippen LogP contribution is -2.36. The summed E-state index contributed by atoms with van der Waals surface area (Å²) in [5, 5.41) is 8.68. The van der Waals surface area contributed by atoms with Gasteiger partial charge < -0.3 is 15.4 Å². The molecule has 0 aliphatic carbocycles. The lowest BCUT2D eigenvalue weighted by molar-refractivity contribution is 0.411. The Morgan fingerprint density at radius 3 is 2.64 bits per heavy atom. The fourth-order valence-corrected chi connectivity index (χ4v) is 2.61. The minimum absolute atomic E-state index is 0. The van der Waals surface area contributed by atoms with Gasteiger partial charge >= 0.3 is 0 Å². The average Bonchev–Trinajstić information content (AvgIpc) is 3.02. The number of aryl methyl sites for hydroxylation is 1. The highest BCUT2D eigenvalue weighted by Gasteiger charge is 2.02. The zero-order valence-electron chi connectivity index (χ0n) is 13.1. The Balaban J connectivity index is 0.00000242. The molecule has 1 aromatic carbocycles. The molecule has 0 aliphatic heterocycles. The molecule has 0 fully saturated rings. The van der Waals surface area contributed by atoms with Crippen LogP contribution in [0.1, 0.15) is 16.0 Å². The van der Waals surface area contributed by atoms with Crippen LogP contribution in [0, 0.1) is 6.92 Å². The Labute approximate surface area is 153 Å². The van der Waals surface area contributed by atoms with Crippen molar-refractivity contribution in [2.24, 2.45) is 4.99 Å². The fourth-order valence-electron chi connectivity index (χ4n) is 1.96. The van der Waals surface area contributed by atoms with Crippen molar-refractivity contribution >= 4 is 41.3 Å². The minimum Gasteiger partial charge on any atom is -0.496 e. The lowest BCUT2D eigenvalue weighted by Gasteiger charge is -2.12. The summed E-state index contributed by atoms with van der Waals surface area (Å²) in [4.78, 5) is 5.52. The molecule has 0 saturated heterocycles. The van der Waals surface area contributed by atoms with Crippen LogP contribution in [-0.2, 0) is 13.1 Å². The van der Waals surface area contributed by atoms with E-state index in [0.717, 1.165) is 29.4 Å². The van der Waals surface area contributed by atoms with Crippen molar-refractivity contribution in [1.82, 2.24) is 10.6 Å². The van der Waals surface area contributed by atoms with E-state index in [2.05, 4.69) is 51.3 Å². The van der Waals surface area contributed by atoms with E-state index in [-0.39, 0.29) is 24.0 Å². The normalized spacial score (nSPS) is 10.8. The molecular formula is C16H22IN3OS. The summed E-state index contributed by atoms with van der Waals surface area (Å²) in [5.74, 6) is 1.71. The number of halogens is 1. The SMILES string of the molecule is CN=C(NCc1ccc(C)c(OC)c1)NCc1cccs1.I. The monoisotopic (exact) mass is 431 g/mol. The topological polar surface area (TPSA) is 45.7 Å². The average molecular weight is 431 g/mol. The molecular weight excluding hydrogens is 409 g/mol. The molecule has 0 bridgehead atoms. The molecule has 0 radical (unpaired) electrons. The third-order valence-corrected chi connectivity index (χ3v) is 4.04. The van der Waals surface area contributed by atoms with Gasteiger partial charge in [0, 0.05) is 18.5 Å². The Morgan fingerprint density at radius 1 is 1.23 bits per heavy atom. The van der Waals surface area contributed by atoms with Gasteiger partial charge in [-0.05, 0) is 35.6 Å². The number of thiophene rings is 1. The van der Waals surface area contributed by atoms with Crippen LogP contribution in [0.4, 0.5) is 0 Å². The summed E-state index contributed by atoms with van der Waals surface area (Å²) in [7, 11) is 3.47. The molecule has 4 nitrogen and oxygen atoms in total. The number of ether oxygens (including phenoxy) is 1. The maximum Gasteiger partial charge on any atom is 0.191 e. The highest BCUT2D eigenvalue weighted by Crippen LogP contribution is 2.18. The van der Waals surface area contributed by atoms with Crippen LogP contribution in [-0.4, -0.2) is 20.1 Å². The van der Waals surface area contributed by atoms with Gasteiger partial charge in [-0.1, -0.05) is 18.2 Å². The molecule has 2 N–H and O–H groups in total. The maximum absolute atomic E-state index is 5.34. The first-order chi connectivity index (χ1) is 10.2. The third kappa shape index (κ3) is 5.49. The van der Waals surface area contributed by atoms with Crippen LogP contribution in [0.15, 0.2) is 40.7 Å². The number of guanidine groups is 1. The first-order valence-electron chi connectivity index (χ1n) is 6.83. The number of methoxy groups -OCH3 is 1. The number of nitrogens with one attached hydrogen (secondary N) is 2. The Morgan fingerprint density at radius 2 is 2.00 bits per heavy atom. The zero-order valence-corrected chi connectivity index (χ0v) is 16.2. The highest BCUT2D eigenvalue weighted by molar-refractivity contribution is 14.0. The fraction of sp³-hybridized carbons (Fsp3) is 0.312. The van der Waals surface area contributed by atoms with Crippen molar-refractivity contribution < 1.29 is 4.74 Å². The van der Waals surface area contributed by atoms with E-state index in [1.54, 1.807) is 25.5 Å². The molecule has 1 heterocycles. The van der Waals surface area contributed by atoms with Gasteiger partial charge in [0.1, 0.15) is 5.75 Å². The maximum atomic E-state index is 5.34. The zero-order chi connectivity index (χ0) is 15.1. The summed E-state index contributed by atoms with van der Waals surface area (Å²) >= 11 is 1.73. The summed E-state index contributed by atoms with van der Waals surface area (Å²) < 4.78 is 5.34. The number of benzene rings is 1. The molecule has 0 amide bonds.